The fraction of sp³-hybridized carbons (Fsp3) is 1.00. The van der Waals surface area contributed by atoms with E-state index < -0.39 is 0 Å². The fourth-order valence-electron chi connectivity index (χ4n) is 1.63. The van der Waals surface area contributed by atoms with Crippen LogP contribution in [0.15, 0.2) is 0 Å². The molecule has 0 rings (SSSR count). The van der Waals surface area contributed by atoms with Crippen molar-refractivity contribution in [2.24, 2.45) is 22.2 Å². The molecule has 0 spiro atoms. The summed E-state index contributed by atoms with van der Waals surface area (Å²) in [6.07, 6.45) is 4.70. The van der Waals surface area contributed by atoms with Crippen LogP contribution >= 0.6 is 0 Å². The lowest BCUT2D eigenvalue weighted by atomic mass is 9.83. The molecule has 2 heteroatoms. The standard InChI is InChI=1S/2C7H16O.C7H16/c1-6(5-8)7(2,3)4;1-7(2,3)5-4-6-8;1-5-6-7(2,3)4/h6,8H,5H2,1-4H3;8H,4-6H2,1-3H3;5-6H2,1-4H3. The van der Waals surface area contributed by atoms with E-state index in [9.17, 15) is 0 Å². The summed E-state index contributed by atoms with van der Waals surface area (Å²) in [7, 11) is 0. The molecule has 0 radical (unpaired) electrons. The predicted octanol–water partition coefficient (Wildman–Crippen LogP) is 6.30. The number of aliphatic hydroxyl groups is 2. The maximum atomic E-state index is 8.67. The molecule has 1 unspecified atom stereocenters. The largest absolute Gasteiger partial charge is 0.396 e. The molecule has 0 saturated heterocycles. The molecule has 1 atom stereocenters. The second kappa shape index (κ2) is 13.2. The van der Waals surface area contributed by atoms with Crippen LogP contribution in [0.2, 0.25) is 0 Å². The smallest absolute Gasteiger partial charge is 0.0461 e. The summed E-state index contributed by atoms with van der Waals surface area (Å²) in [5, 5.41) is 17.1. The minimum absolute atomic E-state index is 0.259. The van der Waals surface area contributed by atoms with Crippen molar-refractivity contribution < 1.29 is 10.2 Å². The van der Waals surface area contributed by atoms with E-state index in [-0.39, 0.29) is 5.41 Å². The van der Waals surface area contributed by atoms with Gasteiger partial charge >= 0.3 is 0 Å². The van der Waals surface area contributed by atoms with E-state index in [2.05, 4.69) is 76.2 Å². The van der Waals surface area contributed by atoms with Crippen LogP contribution < -0.4 is 0 Å². The van der Waals surface area contributed by atoms with Gasteiger partial charge < -0.3 is 10.2 Å². The highest BCUT2D eigenvalue weighted by atomic mass is 16.3. The molecule has 23 heavy (non-hydrogen) atoms. The summed E-state index contributed by atoms with van der Waals surface area (Å²) in [5.41, 5.74) is 1.20. The Bertz CT molecular complexity index is 238. The highest BCUT2D eigenvalue weighted by Gasteiger charge is 2.18. The van der Waals surface area contributed by atoms with E-state index in [1.165, 1.54) is 12.8 Å². The highest BCUT2D eigenvalue weighted by Crippen LogP contribution is 2.24. The lowest BCUT2D eigenvalue weighted by Gasteiger charge is -2.24. The Kier molecular flexibility index (Phi) is 16.0. The molecule has 144 valence electrons. The monoisotopic (exact) mass is 332 g/mol. The van der Waals surface area contributed by atoms with Crippen molar-refractivity contribution in [2.75, 3.05) is 13.2 Å². The Morgan fingerprint density at radius 1 is 0.739 bits per heavy atom. The molecule has 0 heterocycles. The van der Waals surface area contributed by atoms with Crippen LogP contribution in [0.25, 0.3) is 0 Å². The number of aliphatic hydroxyl groups excluding tert-OH is 2. The van der Waals surface area contributed by atoms with Crippen molar-refractivity contribution >= 4 is 0 Å². The van der Waals surface area contributed by atoms with Crippen molar-refractivity contribution in [1.29, 1.82) is 0 Å². The fourth-order valence-corrected chi connectivity index (χ4v) is 1.63. The van der Waals surface area contributed by atoms with Crippen LogP contribution in [-0.4, -0.2) is 23.4 Å². The molecule has 0 aromatic heterocycles. The first kappa shape index (κ1) is 27.8. The SMILES string of the molecule is CC(C)(C)CCCO.CC(CO)C(C)(C)C.CCCC(C)(C)C. The van der Waals surface area contributed by atoms with Gasteiger partial charge in [-0.15, -0.1) is 0 Å². The van der Waals surface area contributed by atoms with Gasteiger partial charge in [-0.05, 0) is 41.4 Å². The third kappa shape index (κ3) is 30.4. The Balaban J connectivity index is -0.000000262. The molecular formula is C21H48O2. The summed E-state index contributed by atoms with van der Waals surface area (Å²) >= 11 is 0. The first-order chi connectivity index (χ1) is 10.1. The van der Waals surface area contributed by atoms with Gasteiger partial charge in [-0.1, -0.05) is 82.6 Å². The minimum Gasteiger partial charge on any atom is -0.396 e. The normalized spacial score (nSPS) is 13.4. The van der Waals surface area contributed by atoms with Crippen molar-refractivity contribution in [3.8, 4) is 0 Å². The maximum Gasteiger partial charge on any atom is 0.0461 e. The molecule has 0 saturated carbocycles. The average molecular weight is 333 g/mol. The average Bonchev–Trinajstić information content (AvgIpc) is 2.33. The van der Waals surface area contributed by atoms with Gasteiger partial charge in [0.05, 0.1) is 0 Å². The van der Waals surface area contributed by atoms with E-state index in [1.807, 2.05) is 0 Å². The first-order valence-electron chi connectivity index (χ1n) is 9.32. The molecule has 0 aliphatic rings. The van der Waals surface area contributed by atoms with Crippen molar-refractivity contribution in [1.82, 2.24) is 0 Å². The second-order valence-electron chi connectivity index (χ2n) is 10.1. The van der Waals surface area contributed by atoms with Gasteiger partial charge in [-0.2, -0.15) is 0 Å². The van der Waals surface area contributed by atoms with Gasteiger partial charge in [0, 0.05) is 13.2 Å². The molecule has 2 nitrogen and oxygen atoms in total. The summed E-state index contributed by atoms with van der Waals surface area (Å²) in [6.45, 7) is 24.7. The summed E-state index contributed by atoms with van der Waals surface area (Å²) < 4.78 is 0. The van der Waals surface area contributed by atoms with Gasteiger partial charge in [0.2, 0.25) is 0 Å². The summed E-state index contributed by atoms with van der Waals surface area (Å²) in [4.78, 5) is 0. The Hall–Kier alpha value is -0.0800. The van der Waals surface area contributed by atoms with E-state index in [0.29, 0.717) is 30.0 Å². The Morgan fingerprint density at radius 3 is 1.17 bits per heavy atom. The zero-order valence-electron chi connectivity index (χ0n) is 18.2. The quantitative estimate of drug-likeness (QED) is 0.634. The van der Waals surface area contributed by atoms with Crippen molar-refractivity contribution in [2.45, 2.75) is 102 Å². The molecule has 0 bridgehead atoms. The van der Waals surface area contributed by atoms with Gasteiger partial charge in [-0.3, -0.25) is 0 Å². The molecular weight excluding hydrogens is 284 g/mol. The van der Waals surface area contributed by atoms with E-state index in [0.717, 1.165) is 12.8 Å². The predicted molar refractivity (Wildman–Crippen MR) is 106 cm³/mol. The Labute approximate surface area is 148 Å². The minimum atomic E-state index is 0.259. The maximum absolute atomic E-state index is 8.67. The van der Waals surface area contributed by atoms with E-state index in [4.69, 9.17) is 10.2 Å². The highest BCUT2D eigenvalue weighted by molar-refractivity contribution is 4.67. The molecule has 0 fully saturated rings. The van der Waals surface area contributed by atoms with Crippen LogP contribution in [0.3, 0.4) is 0 Å². The van der Waals surface area contributed by atoms with Gasteiger partial charge in [0.15, 0.2) is 0 Å². The zero-order chi connectivity index (χ0) is 19.3. The molecule has 0 aromatic carbocycles. The first-order valence-corrected chi connectivity index (χ1v) is 9.32. The molecule has 0 aliphatic heterocycles. The lowest BCUT2D eigenvalue weighted by Crippen LogP contribution is -2.20. The second-order valence-corrected chi connectivity index (χ2v) is 10.1. The third-order valence-corrected chi connectivity index (χ3v) is 3.84. The van der Waals surface area contributed by atoms with Crippen LogP contribution in [0, 0.1) is 22.2 Å². The van der Waals surface area contributed by atoms with E-state index >= 15 is 0 Å². The molecule has 0 aliphatic carbocycles. The third-order valence-electron chi connectivity index (χ3n) is 3.84. The topological polar surface area (TPSA) is 40.5 Å². The summed E-state index contributed by atoms with van der Waals surface area (Å²) in [5.74, 6) is 0.405. The molecule has 0 aromatic rings. The van der Waals surface area contributed by atoms with Crippen molar-refractivity contribution in [3.05, 3.63) is 0 Å². The van der Waals surface area contributed by atoms with Crippen LogP contribution in [-0.2, 0) is 0 Å². The van der Waals surface area contributed by atoms with Gasteiger partial charge in [0.25, 0.3) is 0 Å². The Morgan fingerprint density at radius 2 is 1.13 bits per heavy atom. The molecule has 0 amide bonds. The number of hydrogen-bond donors (Lipinski definition) is 2. The zero-order valence-corrected chi connectivity index (χ0v) is 18.2. The number of rotatable bonds is 4. The van der Waals surface area contributed by atoms with E-state index in [1.54, 1.807) is 0 Å². The van der Waals surface area contributed by atoms with Crippen LogP contribution in [0.1, 0.15) is 102 Å². The number of hydrogen-bond acceptors (Lipinski definition) is 2. The van der Waals surface area contributed by atoms with Crippen LogP contribution in [0.4, 0.5) is 0 Å². The molecule has 2 N–H and O–H groups in total. The van der Waals surface area contributed by atoms with Crippen molar-refractivity contribution in [3.63, 3.8) is 0 Å². The van der Waals surface area contributed by atoms with Gasteiger partial charge in [-0.25, -0.2) is 0 Å². The van der Waals surface area contributed by atoms with Gasteiger partial charge in [0.1, 0.15) is 0 Å². The summed E-state index contributed by atoms with van der Waals surface area (Å²) in [6, 6.07) is 0. The van der Waals surface area contributed by atoms with Crippen LogP contribution in [0.5, 0.6) is 0 Å². The lowest BCUT2D eigenvalue weighted by molar-refractivity contribution is 0.146.